The highest BCUT2D eigenvalue weighted by Gasteiger charge is 2.18. The van der Waals surface area contributed by atoms with Crippen molar-refractivity contribution in [2.45, 2.75) is 53.7 Å². The highest BCUT2D eigenvalue weighted by Crippen LogP contribution is 2.26. The normalized spacial score (nSPS) is 13.2. The van der Waals surface area contributed by atoms with Crippen molar-refractivity contribution in [3.05, 3.63) is 63.2 Å². The number of halogens is 1. The minimum atomic E-state index is -0.589. The molecule has 2 atom stereocenters. The van der Waals surface area contributed by atoms with Gasteiger partial charge in [0.2, 0.25) is 0 Å². The first-order valence-corrected chi connectivity index (χ1v) is 8.87. The molecule has 4 heteroatoms. The van der Waals surface area contributed by atoms with E-state index in [2.05, 4.69) is 31.3 Å². The van der Waals surface area contributed by atoms with Crippen molar-refractivity contribution in [1.82, 2.24) is 5.32 Å². The van der Waals surface area contributed by atoms with Crippen molar-refractivity contribution in [3.63, 3.8) is 0 Å². The van der Waals surface area contributed by atoms with Crippen molar-refractivity contribution in [3.8, 4) is 5.75 Å². The minimum Gasteiger partial charge on any atom is -0.481 e. The first-order valence-electron chi connectivity index (χ1n) is 8.50. The Morgan fingerprint density at radius 1 is 0.960 bits per heavy atom. The fraction of sp³-hybridized carbons (Fsp3) is 0.381. The third kappa shape index (κ3) is 4.76. The Kier molecular flexibility index (Phi) is 6.12. The summed E-state index contributed by atoms with van der Waals surface area (Å²) >= 11 is 6.17. The first kappa shape index (κ1) is 19.3. The van der Waals surface area contributed by atoms with Crippen LogP contribution in [0.3, 0.4) is 0 Å². The zero-order valence-corrected chi connectivity index (χ0v) is 16.5. The van der Waals surface area contributed by atoms with E-state index in [0.29, 0.717) is 5.75 Å². The van der Waals surface area contributed by atoms with Crippen molar-refractivity contribution in [2.75, 3.05) is 0 Å². The smallest absolute Gasteiger partial charge is 0.261 e. The summed E-state index contributed by atoms with van der Waals surface area (Å²) in [4.78, 5) is 12.5. The first-order chi connectivity index (χ1) is 11.7. The largest absolute Gasteiger partial charge is 0.481 e. The molecule has 0 spiro atoms. The number of carbonyl (C=O) groups is 1. The van der Waals surface area contributed by atoms with Gasteiger partial charge in [-0.3, -0.25) is 4.79 Å². The van der Waals surface area contributed by atoms with Crippen LogP contribution in [0.5, 0.6) is 5.75 Å². The Hall–Kier alpha value is -2.00. The van der Waals surface area contributed by atoms with E-state index in [9.17, 15) is 4.79 Å². The van der Waals surface area contributed by atoms with Gasteiger partial charge in [0.05, 0.1) is 6.04 Å². The van der Waals surface area contributed by atoms with Crippen LogP contribution < -0.4 is 10.1 Å². The third-order valence-corrected chi connectivity index (χ3v) is 5.08. The fourth-order valence-electron chi connectivity index (χ4n) is 2.68. The topological polar surface area (TPSA) is 38.3 Å². The standard InChI is InChI=1S/C21H26ClNO2/c1-12-7-8-18(9-13(12)2)16(5)23-21(24)17(6)25-19-10-14(3)20(22)15(4)11-19/h7-11,16-17H,1-6H3,(H,23,24)/t16-,17-/m1/s1. The molecule has 0 saturated carbocycles. The maximum atomic E-state index is 12.5. The number of carbonyl (C=O) groups excluding carboxylic acids is 1. The summed E-state index contributed by atoms with van der Waals surface area (Å²) < 4.78 is 5.80. The third-order valence-electron chi connectivity index (χ3n) is 4.48. The second kappa shape index (κ2) is 7.92. The molecule has 3 nitrogen and oxygen atoms in total. The molecule has 0 aliphatic heterocycles. The summed E-state index contributed by atoms with van der Waals surface area (Å²) in [6.45, 7) is 11.7. The number of rotatable bonds is 5. The number of nitrogens with one attached hydrogen (secondary N) is 1. The Balaban J connectivity index is 2.03. The lowest BCUT2D eigenvalue weighted by Crippen LogP contribution is -2.37. The van der Waals surface area contributed by atoms with E-state index < -0.39 is 6.10 Å². The van der Waals surface area contributed by atoms with E-state index in [1.807, 2.05) is 39.0 Å². The summed E-state index contributed by atoms with van der Waals surface area (Å²) in [6, 6.07) is 9.86. The molecule has 1 N–H and O–H groups in total. The van der Waals surface area contributed by atoms with E-state index in [1.165, 1.54) is 11.1 Å². The SMILES string of the molecule is Cc1ccc([C@@H](C)NC(=O)[C@@H](C)Oc2cc(C)c(Cl)c(C)c2)cc1C. The number of ether oxygens (including phenoxy) is 1. The van der Waals surface area contributed by atoms with Gasteiger partial charge in [-0.25, -0.2) is 0 Å². The van der Waals surface area contributed by atoms with Gasteiger partial charge in [0.25, 0.3) is 5.91 Å². The van der Waals surface area contributed by atoms with Crippen LogP contribution in [0.1, 0.15) is 47.7 Å². The van der Waals surface area contributed by atoms with E-state index in [0.717, 1.165) is 21.7 Å². The molecule has 0 radical (unpaired) electrons. The predicted octanol–water partition coefficient (Wildman–Crippen LogP) is 5.22. The molecule has 2 aromatic rings. The molecule has 134 valence electrons. The molecule has 0 aliphatic carbocycles. The Labute approximate surface area is 155 Å². The molecule has 25 heavy (non-hydrogen) atoms. The molecule has 0 fully saturated rings. The molecule has 0 bridgehead atoms. The molecule has 0 aromatic heterocycles. The van der Waals surface area contributed by atoms with Crippen molar-refractivity contribution < 1.29 is 9.53 Å². The van der Waals surface area contributed by atoms with Crippen LogP contribution in [-0.4, -0.2) is 12.0 Å². The van der Waals surface area contributed by atoms with E-state index in [1.54, 1.807) is 6.92 Å². The molecule has 0 heterocycles. The van der Waals surface area contributed by atoms with E-state index in [-0.39, 0.29) is 11.9 Å². The van der Waals surface area contributed by atoms with Gasteiger partial charge in [0.15, 0.2) is 6.10 Å². The average Bonchev–Trinajstić information content (AvgIpc) is 2.54. The number of aryl methyl sites for hydroxylation is 4. The number of benzene rings is 2. The van der Waals surface area contributed by atoms with Gasteiger partial charge >= 0.3 is 0 Å². The fourth-order valence-corrected chi connectivity index (χ4v) is 2.79. The van der Waals surface area contributed by atoms with Gasteiger partial charge in [-0.15, -0.1) is 0 Å². The molecule has 0 unspecified atom stereocenters. The molecular weight excluding hydrogens is 334 g/mol. The van der Waals surface area contributed by atoms with Crippen LogP contribution in [0, 0.1) is 27.7 Å². The lowest BCUT2D eigenvalue weighted by atomic mass is 10.0. The van der Waals surface area contributed by atoms with E-state index >= 15 is 0 Å². The molecule has 1 amide bonds. The monoisotopic (exact) mass is 359 g/mol. The van der Waals surface area contributed by atoms with Gasteiger partial charge in [0.1, 0.15) is 5.75 Å². The van der Waals surface area contributed by atoms with E-state index in [4.69, 9.17) is 16.3 Å². The summed E-state index contributed by atoms with van der Waals surface area (Å²) in [5, 5.41) is 3.74. The summed E-state index contributed by atoms with van der Waals surface area (Å²) in [7, 11) is 0. The van der Waals surface area contributed by atoms with Crippen LogP contribution in [0.15, 0.2) is 30.3 Å². The van der Waals surface area contributed by atoms with Crippen LogP contribution in [0.25, 0.3) is 0 Å². The van der Waals surface area contributed by atoms with Crippen LogP contribution in [-0.2, 0) is 4.79 Å². The number of hydrogen-bond acceptors (Lipinski definition) is 2. The van der Waals surface area contributed by atoms with Crippen LogP contribution in [0.2, 0.25) is 5.02 Å². The van der Waals surface area contributed by atoms with Crippen LogP contribution in [0.4, 0.5) is 0 Å². The van der Waals surface area contributed by atoms with Crippen molar-refractivity contribution in [1.29, 1.82) is 0 Å². The number of hydrogen-bond donors (Lipinski definition) is 1. The summed E-state index contributed by atoms with van der Waals surface area (Å²) in [5.74, 6) is 0.511. The Morgan fingerprint density at radius 3 is 2.12 bits per heavy atom. The molecule has 0 aliphatic rings. The van der Waals surface area contributed by atoms with Gasteiger partial charge in [0, 0.05) is 5.02 Å². The highest BCUT2D eigenvalue weighted by atomic mass is 35.5. The molecule has 2 rings (SSSR count). The predicted molar refractivity (Wildman–Crippen MR) is 103 cm³/mol. The molecule has 2 aromatic carbocycles. The molecule has 0 saturated heterocycles. The second-order valence-electron chi connectivity index (χ2n) is 6.71. The Bertz CT molecular complexity index is 762. The Morgan fingerprint density at radius 2 is 1.56 bits per heavy atom. The van der Waals surface area contributed by atoms with Crippen LogP contribution >= 0.6 is 11.6 Å². The number of amides is 1. The molecular formula is C21H26ClNO2. The summed E-state index contributed by atoms with van der Waals surface area (Å²) in [6.07, 6.45) is -0.589. The highest BCUT2D eigenvalue weighted by molar-refractivity contribution is 6.32. The van der Waals surface area contributed by atoms with Gasteiger partial charge in [-0.2, -0.15) is 0 Å². The van der Waals surface area contributed by atoms with Gasteiger partial charge in [-0.1, -0.05) is 29.8 Å². The maximum Gasteiger partial charge on any atom is 0.261 e. The zero-order valence-electron chi connectivity index (χ0n) is 15.7. The van der Waals surface area contributed by atoms with Crippen molar-refractivity contribution in [2.24, 2.45) is 0 Å². The lowest BCUT2D eigenvalue weighted by molar-refractivity contribution is -0.127. The van der Waals surface area contributed by atoms with Gasteiger partial charge in [-0.05, 0) is 81.5 Å². The van der Waals surface area contributed by atoms with Gasteiger partial charge < -0.3 is 10.1 Å². The minimum absolute atomic E-state index is 0.0773. The quantitative estimate of drug-likeness (QED) is 0.794. The van der Waals surface area contributed by atoms with Crippen molar-refractivity contribution >= 4 is 17.5 Å². The zero-order chi connectivity index (χ0) is 18.7. The maximum absolute atomic E-state index is 12.5. The lowest BCUT2D eigenvalue weighted by Gasteiger charge is -2.20. The second-order valence-corrected chi connectivity index (χ2v) is 7.08. The summed E-state index contributed by atoms with van der Waals surface area (Å²) in [5.41, 5.74) is 5.42. The average molecular weight is 360 g/mol.